The topological polar surface area (TPSA) is 85.8 Å². The fourth-order valence-electron chi connectivity index (χ4n) is 1.60. The molecule has 0 bridgehead atoms. The van der Waals surface area contributed by atoms with Crippen molar-refractivity contribution in [1.82, 2.24) is 20.3 Å². The van der Waals surface area contributed by atoms with Crippen molar-refractivity contribution in [2.75, 3.05) is 13.1 Å². The first-order chi connectivity index (χ1) is 8.28. The number of carbonyl (C=O) groups is 1. The highest BCUT2D eigenvalue weighted by molar-refractivity contribution is 5.75. The molecule has 1 amide bonds. The summed E-state index contributed by atoms with van der Waals surface area (Å²) >= 11 is 0. The molecule has 1 aromatic heterocycles. The molecule has 0 aliphatic heterocycles. The number of aryl methyl sites for hydroxylation is 1. The normalized spacial score (nSPS) is 14.9. The second kappa shape index (κ2) is 5.77. The van der Waals surface area contributed by atoms with Crippen molar-refractivity contribution in [2.24, 2.45) is 11.7 Å². The van der Waals surface area contributed by atoms with Crippen LogP contribution in [-0.4, -0.2) is 34.0 Å². The lowest BCUT2D eigenvalue weighted by Crippen LogP contribution is -2.29. The number of nitrogens with two attached hydrogens (primary N) is 1. The molecule has 1 saturated carbocycles. The Morgan fingerprint density at radius 3 is 3.12 bits per heavy atom. The molecule has 0 saturated heterocycles. The van der Waals surface area contributed by atoms with E-state index < -0.39 is 0 Å². The number of amides is 1. The Hall–Kier alpha value is -1.43. The molecular weight excluding hydrogens is 218 g/mol. The molecule has 1 fully saturated rings. The molecule has 1 aliphatic carbocycles. The van der Waals surface area contributed by atoms with E-state index in [0.717, 1.165) is 25.1 Å². The first-order valence-electron chi connectivity index (χ1n) is 6.13. The van der Waals surface area contributed by atoms with Crippen molar-refractivity contribution in [2.45, 2.75) is 32.2 Å². The van der Waals surface area contributed by atoms with Crippen molar-refractivity contribution < 1.29 is 4.79 Å². The van der Waals surface area contributed by atoms with Crippen molar-refractivity contribution in [1.29, 1.82) is 0 Å². The van der Waals surface area contributed by atoms with E-state index in [4.69, 9.17) is 5.73 Å². The fraction of sp³-hybridized carbons (Fsp3) is 0.727. The Labute approximate surface area is 101 Å². The van der Waals surface area contributed by atoms with Crippen LogP contribution in [0, 0.1) is 5.92 Å². The molecule has 0 atom stereocenters. The summed E-state index contributed by atoms with van der Waals surface area (Å²) in [7, 11) is 0. The van der Waals surface area contributed by atoms with E-state index in [1.165, 1.54) is 12.8 Å². The largest absolute Gasteiger partial charge is 0.354 e. The van der Waals surface area contributed by atoms with Gasteiger partial charge in [0.15, 0.2) is 0 Å². The molecule has 2 rings (SSSR count). The van der Waals surface area contributed by atoms with Gasteiger partial charge in [0.05, 0.1) is 5.69 Å². The Morgan fingerprint density at radius 2 is 2.41 bits per heavy atom. The van der Waals surface area contributed by atoms with Crippen LogP contribution in [0.2, 0.25) is 0 Å². The minimum Gasteiger partial charge on any atom is -0.354 e. The summed E-state index contributed by atoms with van der Waals surface area (Å²) in [4.78, 5) is 11.5. The maximum atomic E-state index is 11.5. The van der Waals surface area contributed by atoms with Crippen LogP contribution in [0.25, 0.3) is 0 Å². The zero-order valence-corrected chi connectivity index (χ0v) is 9.93. The first kappa shape index (κ1) is 12.0. The van der Waals surface area contributed by atoms with Gasteiger partial charge in [-0.15, -0.1) is 5.10 Å². The second-order valence-corrected chi connectivity index (χ2v) is 4.55. The maximum absolute atomic E-state index is 11.5. The number of carbonyl (C=O) groups excluding carboxylic acids is 1. The van der Waals surface area contributed by atoms with E-state index in [2.05, 4.69) is 15.6 Å². The Morgan fingerprint density at radius 1 is 1.59 bits per heavy atom. The van der Waals surface area contributed by atoms with Gasteiger partial charge in [-0.1, -0.05) is 5.21 Å². The highest BCUT2D eigenvalue weighted by atomic mass is 16.2. The fourth-order valence-corrected chi connectivity index (χ4v) is 1.60. The standard InChI is InChI=1S/C11H19N5O/c12-5-1-2-10-7-16(15-14-10)8-11(17)13-6-9-3-4-9/h7,9H,1-6,8,12H2,(H,13,17). The zero-order chi connectivity index (χ0) is 12.1. The number of aromatic nitrogens is 3. The molecule has 17 heavy (non-hydrogen) atoms. The van der Waals surface area contributed by atoms with Crippen molar-refractivity contribution in [3.05, 3.63) is 11.9 Å². The minimum absolute atomic E-state index is 0.00664. The van der Waals surface area contributed by atoms with Gasteiger partial charge in [-0.3, -0.25) is 4.79 Å². The van der Waals surface area contributed by atoms with Crippen LogP contribution in [-0.2, 0) is 17.8 Å². The molecule has 0 aromatic carbocycles. The van der Waals surface area contributed by atoms with Gasteiger partial charge < -0.3 is 11.1 Å². The van der Waals surface area contributed by atoms with E-state index in [1.54, 1.807) is 4.68 Å². The van der Waals surface area contributed by atoms with E-state index in [1.807, 2.05) is 6.20 Å². The molecule has 1 aromatic rings. The van der Waals surface area contributed by atoms with Crippen LogP contribution in [0.1, 0.15) is 25.0 Å². The van der Waals surface area contributed by atoms with E-state index in [-0.39, 0.29) is 12.5 Å². The van der Waals surface area contributed by atoms with E-state index in [9.17, 15) is 4.79 Å². The molecule has 94 valence electrons. The van der Waals surface area contributed by atoms with Gasteiger partial charge in [0.2, 0.25) is 5.91 Å². The Balaban J connectivity index is 1.72. The minimum atomic E-state index is 0.00664. The highest BCUT2D eigenvalue weighted by Gasteiger charge is 2.21. The number of rotatable bonds is 7. The van der Waals surface area contributed by atoms with Gasteiger partial charge in [-0.2, -0.15) is 0 Å². The average molecular weight is 237 g/mol. The zero-order valence-electron chi connectivity index (χ0n) is 9.93. The van der Waals surface area contributed by atoms with Gasteiger partial charge in [0.25, 0.3) is 0 Å². The summed E-state index contributed by atoms with van der Waals surface area (Å²) in [5, 5.41) is 10.8. The number of hydrogen-bond acceptors (Lipinski definition) is 4. The van der Waals surface area contributed by atoms with Gasteiger partial charge >= 0.3 is 0 Å². The molecule has 6 heteroatoms. The number of hydrogen-bond donors (Lipinski definition) is 2. The van der Waals surface area contributed by atoms with Crippen LogP contribution < -0.4 is 11.1 Å². The monoisotopic (exact) mass is 237 g/mol. The SMILES string of the molecule is NCCCc1cn(CC(=O)NCC2CC2)nn1. The smallest absolute Gasteiger partial charge is 0.241 e. The summed E-state index contributed by atoms with van der Waals surface area (Å²) in [6.45, 7) is 1.70. The van der Waals surface area contributed by atoms with E-state index >= 15 is 0 Å². The summed E-state index contributed by atoms with van der Waals surface area (Å²) in [6.07, 6.45) is 6.01. The summed E-state index contributed by atoms with van der Waals surface area (Å²) in [5.41, 5.74) is 6.31. The van der Waals surface area contributed by atoms with Crippen molar-refractivity contribution in [3.8, 4) is 0 Å². The lowest BCUT2D eigenvalue weighted by molar-refractivity contribution is -0.121. The predicted molar refractivity (Wildman–Crippen MR) is 63.1 cm³/mol. The second-order valence-electron chi connectivity index (χ2n) is 4.55. The van der Waals surface area contributed by atoms with Crippen LogP contribution in [0.4, 0.5) is 0 Å². The first-order valence-corrected chi connectivity index (χ1v) is 6.13. The average Bonchev–Trinajstić information content (AvgIpc) is 3.05. The summed E-state index contributed by atoms with van der Waals surface area (Å²) in [6, 6.07) is 0. The van der Waals surface area contributed by atoms with Gasteiger partial charge in [0, 0.05) is 12.7 Å². The Kier molecular flexibility index (Phi) is 4.08. The molecule has 3 N–H and O–H groups in total. The predicted octanol–water partition coefficient (Wildman–Crippen LogP) is -0.304. The van der Waals surface area contributed by atoms with Crippen LogP contribution in [0.5, 0.6) is 0 Å². The van der Waals surface area contributed by atoms with Crippen LogP contribution in [0.15, 0.2) is 6.20 Å². The van der Waals surface area contributed by atoms with Crippen molar-refractivity contribution >= 4 is 5.91 Å². The van der Waals surface area contributed by atoms with Gasteiger partial charge in [-0.25, -0.2) is 4.68 Å². The van der Waals surface area contributed by atoms with Crippen LogP contribution >= 0.6 is 0 Å². The number of nitrogens with one attached hydrogen (secondary N) is 1. The third-order valence-electron chi connectivity index (χ3n) is 2.81. The summed E-state index contributed by atoms with van der Waals surface area (Å²) in [5.74, 6) is 0.710. The quantitative estimate of drug-likeness (QED) is 0.681. The molecule has 1 heterocycles. The maximum Gasteiger partial charge on any atom is 0.241 e. The van der Waals surface area contributed by atoms with Gasteiger partial charge in [-0.05, 0) is 38.1 Å². The van der Waals surface area contributed by atoms with Crippen molar-refractivity contribution in [3.63, 3.8) is 0 Å². The highest BCUT2D eigenvalue weighted by Crippen LogP contribution is 2.27. The number of nitrogens with zero attached hydrogens (tertiary/aromatic N) is 3. The lowest BCUT2D eigenvalue weighted by Gasteiger charge is -2.02. The summed E-state index contributed by atoms with van der Waals surface area (Å²) < 4.78 is 1.58. The molecule has 0 spiro atoms. The van der Waals surface area contributed by atoms with Crippen LogP contribution in [0.3, 0.4) is 0 Å². The van der Waals surface area contributed by atoms with Gasteiger partial charge in [0.1, 0.15) is 6.54 Å². The lowest BCUT2D eigenvalue weighted by atomic mass is 10.2. The Bertz CT molecular complexity index is 372. The third-order valence-corrected chi connectivity index (χ3v) is 2.81. The third kappa shape index (κ3) is 4.14. The molecule has 0 radical (unpaired) electrons. The molecular formula is C11H19N5O. The molecule has 6 nitrogen and oxygen atoms in total. The molecule has 1 aliphatic rings. The van der Waals surface area contributed by atoms with E-state index in [0.29, 0.717) is 12.5 Å². The molecule has 0 unspecified atom stereocenters.